The third-order valence-electron chi connectivity index (χ3n) is 13.3. The molecular weight excluding hydrogens is 1180 g/mol. The largest absolute Gasteiger partial charge is 0.487 e. The van der Waals surface area contributed by atoms with Crippen LogP contribution in [0.2, 0.25) is 0 Å². The number of aliphatic hydroxyl groups excluding tert-OH is 3. The molecule has 0 aliphatic carbocycles. The molecule has 5 aromatic heterocycles. The standard InChI is InChI=1S/C39H54BN15O23P4/c1-5-15-6-7-44-30-22(21(15)41)45-12-53(30)37-29(69-4)28(76-80(63,64)71-10-18-26(58)27(59)36(74-18)55-14-47-24-32(55)49-39(43)51-34(24)61)19(75-37)11-72-81(65,66)78-82(67,68)77-79(40,62)70-9-17-16(8-20(56)52(2)3)25(57)35(73-17)54-13-46-23-31(54)48-38(42)50-33(23)60/h7,12-14,16-19,25-29,35-37,57-59H,5-6,8-11,41H2,1-4H3,(H,63,64)(H,65,66)(H,67,68)(H3,42,48,50,60)(H3,43,49,51,61)/t16-,17-,18-,19?,25-,26-,27-,28-,29-,35-,36-,37-,79?/m1/s1. The number of allylic oxidation sites excluding steroid dienone is 1. The van der Waals surface area contributed by atoms with Crippen LogP contribution in [0.4, 0.5) is 17.7 Å². The van der Waals surface area contributed by atoms with E-state index in [-0.39, 0.29) is 51.4 Å². The molecule has 5 unspecified atom stereocenters. The van der Waals surface area contributed by atoms with Crippen LogP contribution in [0.25, 0.3) is 28.0 Å². The third-order valence-corrected chi connectivity index (χ3v) is 18.7. The highest BCUT2D eigenvalue weighted by molar-refractivity contribution is 7.84. The van der Waals surface area contributed by atoms with E-state index in [0.29, 0.717) is 12.8 Å². The van der Waals surface area contributed by atoms with E-state index in [4.69, 9.17) is 61.8 Å². The zero-order valence-electron chi connectivity index (χ0n) is 43.2. The van der Waals surface area contributed by atoms with E-state index >= 15 is 0 Å². The number of hydrogen-bond donors (Lipinski definition) is 11. The Labute approximate surface area is 461 Å². The number of H-pyrrole nitrogens is 2. The van der Waals surface area contributed by atoms with Gasteiger partial charge in [-0.15, -0.1) is 0 Å². The van der Waals surface area contributed by atoms with Gasteiger partial charge < -0.3 is 75.6 Å². The number of phosphoric acid groups is 3. The van der Waals surface area contributed by atoms with Gasteiger partial charge in [0.1, 0.15) is 48.4 Å². The number of nitrogens with zero attached hydrogens (tertiary/aromatic N) is 10. The summed E-state index contributed by atoms with van der Waals surface area (Å²) < 4.78 is 111. The van der Waals surface area contributed by atoms with Gasteiger partial charge in [-0.3, -0.25) is 56.2 Å². The van der Waals surface area contributed by atoms with Gasteiger partial charge in [0.25, 0.3) is 18.6 Å². The summed E-state index contributed by atoms with van der Waals surface area (Å²) in [6.07, 6.45) is -12.4. The van der Waals surface area contributed by atoms with Crippen LogP contribution in [-0.4, -0.2) is 193 Å². The van der Waals surface area contributed by atoms with Crippen LogP contribution in [0.5, 0.6) is 0 Å². The summed E-state index contributed by atoms with van der Waals surface area (Å²) in [6.45, 7) is -1.29. The first-order valence-corrected chi connectivity index (χ1v) is 30.3. The van der Waals surface area contributed by atoms with E-state index in [2.05, 4.69) is 48.5 Å². The molecule has 3 fully saturated rings. The number of imidazole rings is 3. The number of aromatic nitrogens is 10. The van der Waals surface area contributed by atoms with E-state index in [1.165, 1.54) is 36.1 Å². The lowest BCUT2D eigenvalue weighted by Crippen LogP contribution is -2.38. The topological polar surface area (TPSA) is 538 Å². The highest BCUT2D eigenvalue weighted by Gasteiger charge is 2.54. The van der Waals surface area contributed by atoms with Crippen LogP contribution in [0, 0.1) is 5.92 Å². The van der Waals surface area contributed by atoms with Crippen molar-refractivity contribution in [1.29, 1.82) is 0 Å². The highest BCUT2D eigenvalue weighted by Crippen LogP contribution is 2.68. The first-order chi connectivity index (χ1) is 38.5. The lowest BCUT2D eigenvalue weighted by Gasteiger charge is -2.26. The number of aliphatic imine (C=N–C) groups is 1. The number of aliphatic hydroxyl groups is 3. The lowest BCUT2D eigenvalue weighted by atomic mass is 9.94. The molecule has 0 aromatic carbocycles. The predicted octanol–water partition coefficient (Wildman–Crippen LogP) is -1.57. The van der Waals surface area contributed by atoms with Crippen LogP contribution in [0.3, 0.4) is 0 Å². The number of ether oxygens (including phenoxy) is 4. The fourth-order valence-corrected chi connectivity index (χ4v) is 14.0. The second-order valence-electron chi connectivity index (χ2n) is 18.9. The Kier molecular flexibility index (Phi) is 17.5. The normalized spacial score (nSPS) is 29.6. The molecule has 9 heterocycles. The molecule has 0 bridgehead atoms. The summed E-state index contributed by atoms with van der Waals surface area (Å²) in [5, 5.41) is 33.3. The van der Waals surface area contributed by atoms with E-state index in [1.807, 2.05) is 6.92 Å². The number of amides is 1. The molecular formula is C39H54BN15O23P4. The van der Waals surface area contributed by atoms with Gasteiger partial charge in [0.05, 0.1) is 50.6 Å². The van der Waals surface area contributed by atoms with Gasteiger partial charge in [0.15, 0.2) is 46.8 Å². The van der Waals surface area contributed by atoms with Gasteiger partial charge >= 0.3 is 23.5 Å². The van der Waals surface area contributed by atoms with Crippen molar-refractivity contribution in [3.63, 3.8) is 0 Å². The quantitative estimate of drug-likeness (QED) is 0.0275. The van der Waals surface area contributed by atoms with Gasteiger partial charge in [-0.1, -0.05) is 6.92 Å². The molecule has 0 saturated carbocycles. The SMILES string of the molecule is [B]P(=O)(OC[C@H]1O[C@@H](n2cnc3c(=O)[nH]c(N)nc32)[C@H](O)[C@@H]1CC(=O)N(C)C)OP(=O)(O)OP(=O)(O)OCC1O[C@@H](n2cnc3c2N=CCC(CC)=C3N)[C@H](OC)[C@@H]1OP(=O)(O)OC[C@H]1O[C@@H](n2cnc3c(=O)[nH]c(N)nc32)[C@H](O)[C@@H]1O. The van der Waals surface area contributed by atoms with Crippen LogP contribution in [0.15, 0.2) is 39.1 Å². The maximum atomic E-state index is 13.9. The van der Waals surface area contributed by atoms with Crippen molar-refractivity contribution in [3.05, 3.63) is 51.0 Å². The summed E-state index contributed by atoms with van der Waals surface area (Å²) in [5.41, 5.74) is 17.0. The summed E-state index contributed by atoms with van der Waals surface area (Å²) in [5.74, 6) is -2.25. The molecule has 43 heteroatoms. The third kappa shape index (κ3) is 12.6. The smallest absolute Gasteiger partial charge is 0.397 e. The van der Waals surface area contributed by atoms with Gasteiger partial charge in [-0.05, 0) is 12.0 Å². The van der Waals surface area contributed by atoms with Crippen molar-refractivity contribution in [2.45, 2.75) is 93.7 Å². The van der Waals surface area contributed by atoms with Crippen molar-refractivity contribution >= 4 is 96.4 Å². The maximum Gasteiger partial charge on any atom is 0.487 e. The van der Waals surface area contributed by atoms with Crippen molar-refractivity contribution in [2.75, 3.05) is 52.5 Å². The molecule has 0 spiro atoms. The first kappa shape index (κ1) is 61.1. The molecule has 82 heavy (non-hydrogen) atoms. The Morgan fingerprint density at radius 3 is 1.89 bits per heavy atom. The first-order valence-electron chi connectivity index (χ1n) is 24.2. The molecule has 38 nitrogen and oxygen atoms in total. The van der Waals surface area contributed by atoms with E-state index in [9.17, 15) is 62.6 Å². The average Bonchev–Trinajstić information content (AvgIpc) is 3.14. The van der Waals surface area contributed by atoms with E-state index in [1.54, 1.807) is 0 Å². The van der Waals surface area contributed by atoms with Crippen molar-refractivity contribution in [3.8, 4) is 0 Å². The van der Waals surface area contributed by atoms with Gasteiger partial charge in [-0.2, -0.15) is 14.3 Å². The Bertz CT molecular complexity index is 3630. The van der Waals surface area contributed by atoms with Crippen LogP contribution < -0.4 is 28.3 Å². The second-order valence-corrected chi connectivity index (χ2v) is 25.0. The molecule has 14 N–H and O–H groups in total. The number of carbonyl (C=O) groups is 1. The van der Waals surface area contributed by atoms with Gasteiger partial charge in [0, 0.05) is 46.2 Å². The number of nitrogens with two attached hydrogens (primary N) is 3. The summed E-state index contributed by atoms with van der Waals surface area (Å²) in [7, 11) is -13.3. The molecule has 4 aliphatic rings. The number of phosphoric ester groups is 2. The maximum absolute atomic E-state index is 13.9. The average molecular weight is 1240 g/mol. The highest BCUT2D eigenvalue weighted by atomic mass is 31.3. The minimum atomic E-state index is -6.12. The van der Waals surface area contributed by atoms with Gasteiger partial charge in [-0.25, -0.2) is 38.0 Å². The number of anilines is 2. The fourth-order valence-electron chi connectivity index (χ4n) is 9.37. The molecule has 446 valence electrons. The van der Waals surface area contributed by atoms with Crippen LogP contribution in [0.1, 0.15) is 50.6 Å². The van der Waals surface area contributed by atoms with Crippen molar-refractivity contribution < 1.29 is 98.7 Å². The summed E-state index contributed by atoms with van der Waals surface area (Å²) in [4.78, 5) is 101. The van der Waals surface area contributed by atoms with Crippen LogP contribution >= 0.6 is 30.9 Å². The van der Waals surface area contributed by atoms with Crippen molar-refractivity contribution in [2.24, 2.45) is 16.6 Å². The number of aromatic amines is 2. The monoisotopic (exact) mass is 1240 g/mol. The lowest BCUT2D eigenvalue weighted by molar-refractivity contribution is -0.130. The number of fused-ring (bicyclic) bond motifs is 3. The molecule has 4 aliphatic heterocycles. The number of carbonyl (C=O) groups excluding carboxylic acids is 1. The van der Waals surface area contributed by atoms with Crippen LogP contribution in [-0.2, 0) is 68.7 Å². The minimum absolute atomic E-state index is 0.106. The number of nitrogen functional groups attached to an aromatic ring is 2. The molecule has 5 aromatic rings. The van der Waals surface area contributed by atoms with E-state index in [0.717, 1.165) is 34.5 Å². The number of hydrogen-bond acceptors (Lipinski definition) is 29. The Morgan fingerprint density at radius 1 is 0.744 bits per heavy atom. The molecule has 2 radical (unpaired) electrons. The molecule has 1 amide bonds. The zero-order valence-corrected chi connectivity index (χ0v) is 46.8. The van der Waals surface area contributed by atoms with Crippen molar-refractivity contribution in [1.82, 2.24) is 53.5 Å². The Morgan fingerprint density at radius 2 is 1.29 bits per heavy atom. The van der Waals surface area contributed by atoms with Gasteiger partial charge in [0.2, 0.25) is 25.4 Å². The summed E-state index contributed by atoms with van der Waals surface area (Å²) >= 11 is 0. The van der Waals surface area contributed by atoms with E-state index < -0.39 is 148 Å². The molecule has 3 saturated heterocycles. The number of methoxy groups -OCH3 is 1. The summed E-state index contributed by atoms with van der Waals surface area (Å²) in [6, 6.07) is 0. The minimum Gasteiger partial charge on any atom is -0.397 e. The number of nitrogens with one attached hydrogen (secondary N) is 2. The zero-order chi connectivity index (χ0) is 59.5. The Hall–Kier alpha value is -5.47. The predicted molar refractivity (Wildman–Crippen MR) is 277 cm³/mol. The Balaban J connectivity index is 0.893. The number of rotatable bonds is 22. The fraction of sp³-hybridized carbons (Fsp3) is 0.564. The molecule has 9 rings (SSSR count). The second kappa shape index (κ2) is 23.5. The molecule has 16 atom stereocenters.